The monoisotopic (exact) mass is 269 g/mol. The second-order valence-electron chi connectivity index (χ2n) is 4.95. The number of amides is 1. The van der Waals surface area contributed by atoms with Crippen molar-refractivity contribution in [3.8, 4) is 0 Å². The summed E-state index contributed by atoms with van der Waals surface area (Å²) in [5.41, 5.74) is 9.02. The molecule has 0 radical (unpaired) electrons. The van der Waals surface area contributed by atoms with Gasteiger partial charge in [-0.3, -0.25) is 9.59 Å². The first-order valence-electron chi connectivity index (χ1n) is 6.46. The van der Waals surface area contributed by atoms with Gasteiger partial charge in [0.2, 0.25) is 0 Å². The molecule has 5 heteroatoms. The van der Waals surface area contributed by atoms with E-state index >= 15 is 0 Å². The lowest BCUT2D eigenvalue weighted by atomic mass is 10.1. The Hall–Kier alpha value is -2.56. The second kappa shape index (κ2) is 4.52. The van der Waals surface area contributed by atoms with Crippen LogP contribution in [-0.2, 0) is 6.42 Å². The number of hydrogen-bond donors (Lipinski definition) is 2. The molecule has 0 aliphatic carbocycles. The Balaban J connectivity index is 2.02. The largest absolute Gasteiger partial charge is 0.398 e. The molecule has 102 valence electrons. The van der Waals surface area contributed by atoms with Gasteiger partial charge in [0, 0.05) is 41.4 Å². The summed E-state index contributed by atoms with van der Waals surface area (Å²) in [4.78, 5) is 29.0. The van der Waals surface area contributed by atoms with Crippen molar-refractivity contribution in [1.82, 2.24) is 4.98 Å². The van der Waals surface area contributed by atoms with E-state index in [2.05, 4.69) is 4.98 Å². The minimum Gasteiger partial charge on any atom is -0.398 e. The number of nitrogen functional groups attached to an aromatic ring is 1. The van der Waals surface area contributed by atoms with Gasteiger partial charge in [-0.05, 0) is 25.5 Å². The zero-order chi connectivity index (χ0) is 14.3. The van der Waals surface area contributed by atoms with Crippen LogP contribution in [0.4, 0.5) is 11.4 Å². The fourth-order valence-corrected chi connectivity index (χ4v) is 2.56. The lowest BCUT2D eigenvalue weighted by molar-refractivity contribution is 0.0988. The Morgan fingerprint density at radius 3 is 2.95 bits per heavy atom. The van der Waals surface area contributed by atoms with Crippen LogP contribution in [0.3, 0.4) is 0 Å². The van der Waals surface area contributed by atoms with E-state index in [1.54, 1.807) is 11.8 Å². The predicted molar refractivity (Wildman–Crippen MR) is 78.0 cm³/mol. The zero-order valence-electron chi connectivity index (χ0n) is 11.1. The van der Waals surface area contributed by atoms with Gasteiger partial charge in [0.1, 0.15) is 5.56 Å². The number of hydrogen-bond acceptors (Lipinski definition) is 3. The number of benzene rings is 1. The second-order valence-corrected chi connectivity index (χ2v) is 4.95. The molecule has 2 heterocycles. The van der Waals surface area contributed by atoms with Crippen molar-refractivity contribution in [2.24, 2.45) is 0 Å². The number of anilines is 2. The number of pyridine rings is 1. The van der Waals surface area contributed by atoms with E-state index in [1.165, 1.54) is 12.3 Å². The van der Waals surface area contributed by atoms with Crippen molar-refractivity contribution in [3.63, 3.8) is 0 Å². The van der Waals surface area contributed by atoms with E-state index in [0.29, 0.717) is 12.2 Å². The molecule has 0 fully saturated rings. The van der Waals surface area contributed by atoms with Gasteiger partial charge < -0.3 is 15.6 Å². The Labute approximate surface area is 116 Å². The molecule has 0 saturated carbocycles. The van der Waals surface area contributed by atoms with Crippen molar-refractivity contribution < 1.29 is 4.79 Å². The van der Waals surface area contributed by atoms with Crippen molar-refractivity contribution in [2.75, 3.05) is 17.2 Å². The lowest BCUT2D eigenvalue weighted by Crippen LogP contribution is -2.32. The summed E-state index contributed by atoms with van der Waals surface area (Å²) in [6, 6.07) is 6.94. The molecule has 0 bridgehead atoms. The number of aryl methyl sites for hydroxylation is 1. The average molecular weight is 269 g/mol. The normalized spacial score (nSPS) is 13.3. The summed E-state index contributed by atoms with van der Waals surface area (Å²) < 4.78 is 0. The van der Waals surface area contributed by atoms with E-state index in [0.717, 1.165) is 23.4 Å². The van der Waals surface area contributed by atoms with Crippen LogP contribution in [0.15, 0.2) is 35.3 Å². The Morgan fingerprint density at radius 1 is 1.40 bits per heavy atom. The predicted octanol–water partition coefficient (Wildman–Crippen LogP) is 1.47. The van der Waals surface area contributed by atoms with Crippen LogP contribution < -0.4 is 16.1 Å². The van der Waals surface area contributed by atoms with Gasteiger partial charge in [-0.15, -0.1) is 0 Å². The highest BCUT2D eigenvalue weighted by atomic mass is 16.2. The highest BCUT2D eigenvalue weighted by molar-refractivity contribution is 6.07. The van der Waals surface area contributed by atoms with Crippen LogP contribution in [0.5, 0.6) is 0 Å². The molecule has 20 heavy (non-hydrogen) atoms. The Kier molecular flexibility index (Phi) is 2.82. The molecule has 1 amide bonds. The molecular weight excluding hydrogens is 254 g/mol. The summed E-state index contributed by atoms with van der Waals surface area (Å²) in [5, 5.41) is 0. The minimum atomic E-state index is -0.282. The number of aromatic nitrogens is 1. The molecular formula is C15H15N3O2. The third-order valence-corrected chi connectivity index (χ3v) is 3.60. The van der Waals surface area contributed by atoms with Gasteiger partial charge in [0.05, 0.1) is 0 Å². The molecule has 2 aromatic rings. The van der Waals surface area contributed by atoms with E-state index in [9.17, 15) is 9.59 Å². The summed E-state index contributed by atoms with van der Waals surface area (Å²) in [7, 11) is 0. The molecule has 0 saturated heterocycles. The van der Waals surface area contributed by atoms with Gasteiger partial charge in [-0.25, -0.2) is 0 Å². The fourth-order valence-electron chi connectivity index (χ4n) is 2.56. The molecule has 1 aromatic heterocycles. The van der Waals surface area contributed by atoms with Gasteiger partial charge >= 0.3 is 0 Å². The van der Waals surface area contributed by atoms with Gasteiger partial charge in [-0.1, -0.05) is 6.07 Å². The molecule has 1 aliphatic rings. The van der Waals surface area contributed by atoms with Crippen LogP contribution in [0.1, 0.15) is 21.6 Å². The molecule has 0 spiro atoms. The number of nitrogens with two attached hydrogens (primary N) is 1. The summed E-state index contributed by atoms with van der Waals surface area (Å²) in [5.74, 6) is -0.282. The standard InChI is InChI=1S/C15H15N3O2/c1-9-7-14(19)11(8-17-9)15(20)18-6-5-10-12(16)3-2-4-13(10)18/h2-4,7-8H,5-6,16H2,1H3,(H,17,19). The van der Waals surface area contributed by atoms with Crippen LogP contribution in [-0.4, -0.2) is 17.4 Å². The molecule has 3 N–H and O–H groups in total. The van der Waals surface area contributed by atoms with Gasteiger partial charge in [-0.2, -0.15) is 0 Å². The Bertz CT molecular complexity index is 749. The number of nitrogens with zero attached hydrogens (tertiary/aromatic N) is 1. The number of carbonyl (C=O) groups is 1. The average Bonchev–Trinajstić information content (AvgIpc) is 2.83. The topological polar surface area (TPSA) is 79.2 Å². The number of carbonyl (C=O) groups excluding carboxylic acids is 1. The minimum absolute atomic E-state index is 0.158. The zero-order valence-corrected chi connectivity index (χ0v) is 11.1. The van der Waals surface area contributed by atoms with Gasteiger partial charge in [0.25, 0.3) is 5.91 Å². The van der Waals surface area contributed by atoms with Crippen molar-refractivity contribution in [2.45, 2.75) is 13.3 Å². The lowest BCUT2D eigenvalue weighted by Gasteiger charge is -2.17. The number of fused-ring (bicyclic) bond motifs is 1. The van der Waals surface area contributed by atoms with E-state index in [-0.39, 0.29) is 16.9 Å². The molecule has 0 atom stereocenters. The van der Waals surface area contributed by atoms with E-state index in [1.807, 2.05) is 18.2 Å². The first kappa shape index (κ1) is 12.5. The number of nitrogens with one attached hydrogen (secondary N) is 1. The number of aromatic amines is 1. The maximum absolute atomic E-state index is 12.5. The van der Waals surface area contributed by atoms with Crippen molar-refractivity contribution >= 4 is 17.3 Å². The molecule has 1 aliphatic heterocycles. The molecule has 3 rings (SSSR count). The smallest absolute Gasteiger partial charge is 0.263 e. The first-order chi connectivity index (χ1) is 9.58. The third kappa shape index (κ3) is 1.87. The van der Waals surface area contributed by atoms with Gasteiger partial charge in [0.15, 0.2) is 5.43 Å². The summed E-state index contributed by atoms with van der Waals surface area (Å²) in [6.45, 7) is 2.33. The Morgan fingerprint density at radius 2 is 2.20 bits per heavy atom. The fraction of sp³-hybridized carbons (Fsp3) is 0.200. The highest BCUT2D eigenvalue weighted by Crippen LogP contribution is 2.32. The quantitative estimate of drug-likeness (QED) is 0.769. The van der Waals surface area contributed by atoms with E-state index in [4.69, 9.17) is 5.73 Å². The van der Waals surface area contributed by atoms with Crippen LogP contribution in [0.2, 0.25) is 0 Å². The van der Waals surface area contributed by atoms with Crippen molar-refractivity contribution in [1.29, 1.82) is 0 Å². The van der Waals surface area contributed by atoms with Crippen LogP contribution in [0.25, 0.3) is 0 Å². The van der Waals surface area contributed by atoms with Crippen LogP contribution in [0, 0.1) is 6.92 Å². The SMILES string of the molecule is Cc1cc(=O)c(C(=O)N2CCc3c(N)cccc32)c[nH]1. The van der Waals surface area contributed by atoms with E-state index < -0.39 is 0 Å². The summed E-state index contributed by atoms with van der Waals surface area (Å²) in [6.07, 6.45) is 2.20. The first-order valence-corrected chi connectivity index (χ1v) is 6.46. The maximum atomic E-state index is 12.5. The summed E-state index contributed by atoms with van der Waals surface area (Å²) >= 11 is 0. The van der Waals surface area contributed by atoms with Crippen LogP contribution >= 0.6 is 0 Å². The molecule has 0 unspecified atom stereocenters. The van der Waals surface area contributed by atoms with Crippen molar-refractivity contribution in [3.05, 3.63) is 57.5 Å². The number of H-pyrrole nitrogens is 1. The number of rotatable bonds is 1. The maximum Gasteiger partial charge on any atom is 0.263 e. The molecule has 1 aromatic carbocycles. The third-order valence-electron chi connectivity index (χ3n) is 3.60. The molecule has 5 nitrogen and oxygen atoms in total. The highest BCUT2D eigenvalue weighted by Gasteiger charge is 2.27.